The highest BCUT2D eigenvalue weighted by Gasteiger charge is 2.18. The Morgan fingerprint density at radius 3 is 2.81 bits per heavy atom. The van der Waals surface area contributed by atoms with E-state index in [1.165, 1.54) is 11.3 Å². The Bertz CT molecular complexity index is 680. The van der Waals surface area contributed by atoms with Gasteiger partial charge < -0.3 is 9.88 Å². The number of carbonyl (C=O) groups is 1. The summed E-state index contributed by atoms with van der Waals surface area (Å²) >= 11 is 1.53. The maximum atomic E-state index is 12.2. The van der Waals surface area contributed by atoms with E-state index in [4.69, 9.17) is 0 Å². The van der Waals surface area contributed by atoms with Crippen LogP contribution >= 0.6 is 11.3 Å². The third kappa shape index (κ3) is 3.35. The Labute approximate surface area is 126 Å². The maximum Gasteiger partial charge on any atom is 0.240 e. The van der Waals surface area contributed by atoms with Crippen molar-refractivity contribution in [2.24, 2.45) is 0 Å². The van der Waals surface area contributed by atoms with Crippen LogP contribution in [-0.4, -0.2) is 20.4 Å². The second-order valence-electron chi connectivity index (χ2n) is 4.52. The molecule has 0 fully saturated rings. The van der Waals surface area contributed by atoms with Gasteiger partial charge in [-0.3, -0.25) is 4.79 Å². The number of imidazole rings is 1. The molecule has 0 saturated heterocycles. The van der Waals surface area contributed by atoms with E-state index in [0.29, 0.717) is 0 Å². The number of nitrogens with zero attached hydrogens (tertiary/aromatic N) is 3. The van der Waals surface area contributed by atoms with Crippen molar-refractivity contribution < 1.29 is 4.79 Å². The molecule has 1 N–H and O–H groups in total. The molecular formula is C15H14N4OS. The molecule has 0 aliphatic heterocycles. The first-order valence-corrected chi connectivity index (χ1v) is 7.40. The minimum Gasteiger partial charge on any atom is -0.341 e. The van der Waals surface area contributed by atoms with Crippen molar-refractivity contribution >= 4 is 17.2 Å². The molecule has 1 aromatic carbocycles. The average Bonchev–Trinajstić information content (AvgIpc) is 3.19. The fourth-order valence-corrected chi connectivity index (χ4v) is 2.78. The van der Waals surface area contributed by atoms with E-state index in [0.717, 1.165) is 10.6 Å². The summed E-state index contributed by atoms with van der Waals surface area (Å²) in [5.74, 6) is -0.0722. The largest absolute Gasteiger partial charge is 0.341 e. The molecule has 5 nitrogen and oxygen atoms in total. The van der Waals surface area contributed by atoms with Gasteiger partial charge in [0.25, 0.3) is 0 Å². The second kappa shape index (κ2) is 6.32. The maximum absolute atomic E-state index is 12.2. The van der Waals surface area contributed by atoms with E-state index in [1.54, 1.807) is 29.5 Å². The number of rotatable bonds is 5. The fraction of sp³-hybridized carbons (Fsp3) is 0.133. The Balaban J connectivity index is 1.78. The zero-order valence-corrected chi connectivity index (χ0v) is 12.0. The number of nitrogens with one attached hydrogen (secondary N) is 1. The first-order valence-electron chi connectivity index (χ1n) is 6.52. The lowest BCUT2D eigenvalue weighted by Gasteiger charge is -2.17. The number of thiazole rings is 1. The van der Waals surface area contributed by atoms with E-state index in [2.05, 4.69) is 15.3 Å². The molecule has 2 aromatic heterocycles. The van der Waals surface area contributed by atoms with Gasteiger partial charge in [-0.05, 0) is 5.56 Å². The summed E-state index contributed by atoms with van der Waals surface area (Å²) in [4.78, 5) is 20.5. The van der Waals surface area contributed by atoms with Crippen molar-refractivity contribution in [1.29, 1.82) is 0 Å². The monoisotopic (exact) mass is 298 g/mol. The van der Waals surface area contributed by atoms with Crippen molar-refractivity contribution in [2.45, 2.75) is 12.6 Å². The van der Waals surface area contributed by atoms with Gasteiger partial charge in [-0.25, -0.2) is 9.97 Å². The normalized spacial score (nSPS) is 12.0. The molecule has 2 heterocycles. The highest BCUT2D eigenvalue weighted by atomic mass is 32.1. The number of hydrogen-bond acceptors (Lipinski definition) is 4. The van der Waals surface area contributed by atoms with E-state index in [1.807, 2.05) is 35.7 Å². The van der Waals surface area contributed by atoms with Crippen molar-refractivity contribution in [2.75, 3.05) is 0 Å². The van der Waals surface area contributed by atoms with E-state index < -0.39 is 0 Å². The molecular weight excluding hydrogens is 284 g/mol. The summed E-state index contributed by atoms with van der Waals surface area (Å²) < 4.78 is 1.74. The SMILES string of the molecule is O=C(Cn1ccnc1)NC(c1ccccc1)c1nccs1. The van der Waals surface area contributed by atoms with Gasteiger partial charge in [0, 0.05) is 24.0 Å². The Hall–Kier alpha value is -2.47. The van der Waals surface area contributed by atoms with Gasteiger partial charge in [-0.15, -0.1) is 11.3 Å². The molecule has 21 heavy (non-hydrogen) atoms. The van der Waals surface area contributed by atoms with Gasteiger partial charge in [-0.1, -0.05) is 30.3 Å². The lowest BCUT2D eigenvalue weighted by atomic mass is 10.1. The van der Waals surface area contributed by atoms with Crippen LogP contribution in [0, 0.1) is 0 Å². The standard InChI is InChI=1S/C15H14N4OS/c20-13(10-19-8-6-16-11-19)18-14(15-17-7-9-21-15)12-4-2-1-3-5-12/h1-9,11,14H,10H2,(H,18,20). The summed E-state index contributed by atoms with van der Waals surface area (Å²) in [7, 11) is 0. The Kier molecular flexibility index (Phi) is 4.07. The van der Waals surface area contributed by atoms with Gasteiger partial charge in [0.2, 0.25) is 5.91 Å². The smallest absolute Gasteiger partial charge is 0.240 e. The zero-order valence-electron chi connectivity index (χ0n) is 11.2. The number of hydrogen-bond donors (Lipinski definition) is 1. The molecule has 1 atom stereocenters. The number of amides is 1. The molecule has 0 spiro atoms. The summed E-state index contributed by atoms with van der Waals surface area (Å²) in [6, 6.07) is 9.63. The first kappa shape index (κ1) is 13.5. The molecule has 0 aliphatic carbocycles. The molecule has 0 saturated carbocycles. The molecule has 0 radical (unpaired) electrons. The summed E-state index contributed by atoms with van der Waals surface area (Å²) in [6.07, 6.45) is 6.79. The van der Waals surface area contributed by atoms with Gasteiger partial charge >= 0.3 is 0 Å². The molecule has 1 unspecified atom stereocenters. The highest BCUT2D eigenvalue weighted by Crippen LogP contribution is 2.23. The van der Waals surface area contributed by atoms with E-state index in [9.17, 15) is 4.79 Å². The predicted octanol–water partition coefficient (Wildman–Crippen LogP) is 2.25. The van der Waals surface area contributed by atoms with Crippen molar-refractivity contribution in [1.82, 2.24) is 19.9 Å². The van der Waals surface area contributed by atoms with Crippen molar-refractivity contribution in [3.05, 3.63) is 71.2 Å². The van der Waals surface area contributed by atoms with E-state index >= 15 is 0 Å². The van der Waals surface area contributed by atoms with Crippen LogP contribution in [-0.2, 0) is 11.3 Å². The lowest BCUT2D eigenvalue weighted by molar-refractivity contribution is -0.122. The van der Waals surface area contributed by atoms with Crippen LogP contribution in [0.2, 0.25) is 0 Å². The first-order chi connectivity index (χ1) is 10.3. The minimum absolute atomic E-state index is 0.0722. The third-order valence-electron chi connectivity index (χ3n) is 3.02. The van der Waals surface area contributed by atoms with Gasteiger partial charge in [-0.2, -0.15) is 0 Å². The second-order valence-corrected chi connectivity index (χ2v) is 5.44. The topological polar surface area (TPSA) is 59.8 Å². The molecule has 106 valence electrons. The molecule has 3 rings (SSSR count). The van der Waals surface area contributed by atoms with Crippen LogP contribution in [0.15, 0.2) is 60.6 Å². The van der Waals surface area contributed by atoms with Gasteiger partial charge in [0.1, 0.15) is 17.6 Å². The number of carbonyl (C=O) groups excluding carboxylic acids is 1. The average molecular weight is 298 g/mol. The van der Waals surface area contributed by atoms with Crippen LogP contribution in [0.1, 0.15) is 16.6 Å². The third-order valence-corrected chi connectivity index (χ3v) is 3.86. The van der Waals surface area contributed by atoms with Gasteiger partial charge in [0.15, 0.2) is 0 Å². The zero-order chi connectivity index (χ0) is 14.5. The summed E-state index contributed by atoms with van der Waals surface area (Å²) in [5.41, 5.74) is 1.02. The molecule has 0 aliphatic rings. The van der Waals surface area contributed by atoms with Crippen molar-refractivity contribution in [3.63, 3.8) is 0 Å². The highest BCUT2D eigenvalue weighted by molar-refractivity contribution is 7.09. The Morgan fingerprint density at radius 2 is 2.14 bits per heavy atom. The van der Waals surface area contributed by atoms with Crippen LogP contribution in [0.4, 0.5) is 0 Å². The summed E-state index contributed by atoms with van der Waals surface area (Å²) in [5, 5.41) is 5.82. The Morgan fingerprint density at radius 1 is 1.29 bits per heavy atom. The van der Waals surface area contributed by atoms with Gasteiger partial charge in [0.05, 0.1) is 6.33 Å². The lowest BCUT2D eigenvalue weighted by Crippen LogP contribution is -2.31. The molecule has 1 amide bonds. The molecule has 6 heteroatoms. The van der Waals surface area contributed by atoms with Crippen LogP contribution in [0.5, 0.6) is 0 Å². The van der Waals surface area contributed by atoms with Crippen LogP contribution < -0.4 is 5.32 Å². The van der Waals surface area contributed by atoms with Crippen molar-refractivity contribution in [3.8, 4) is 0 Å². The van der Waals surface area contributed by atoms with E-state index in [-0.39, 0.29) is 18.5 Å². The number of aromatic nitrogens is 3. The molecule has 0 bridgehead atoms. The quantitative estimate of drug-likeness (QED) is 0.786. The summed E-state index contributed by atoms with van der Waals surface area (Å²) in [6.45, 7) is 0.245. The number of benzene rings is 1. The van der Waals surface area contributed by atoms with Crippen LogP contribution in [0.25, 0.3) is 0 Å². The molecule has 3 aromatic rings. The fourth-order valence-electron chi connectivity index (χ4n) is 2.06. The minimum atomic E-state index is -0.220. The predicted molar refractivity (Wildman–Crippen MR) is 80.8 cm³/mol. The van der Waals surface area contributed by atoms with Crippen LogP contribution in [0.3, 0.4) is 0 Å².